The van der Waals surface area contributed by atoms with Crippen molar-refractivity contribution in [1.82, 2.24) is 10.6 Å². The number of carbonyl (C=O) groups is 2. The van der Waals surface area contributed by atoms with Crippen molar-refractivity contribution in [3.8, 4) is 11.5 Å². The Kier molecular flexibility index (Phi) is 8.00. The molecule has 0 radical (unpaired) electrons. The highest BCUT2D eigenvalue weighted by atomic mass is 35.5. The first-order chi connectivity index (χ1) is 15.4. The van der Waals surface area contributed by atoms with Crippen LogP contribution in [0.3, 0.4) is 0 Å². The van der Waals surface area contributed by atoms with Crippen molar-refractivity contribution < 1.29 is 23.8 Å². The van der Waals surface area contributed by atoms with Crippen LogP contribution in [0, 0.1) is 0 Å². The van der Waals surface area contributed by atoms with Gasteiger partial charge in [0.25, 0.3) is 0 Å². The SMILES string of the molecule is CCCOC(=O)C1=C(C)NC(=O)NC1c1ccc(OCc2ccc(Cl)cc2)c(OCC)c1. The fourth-order valence-electron chi connectivity index (χ4n) is 3.32. The number of hydrogen-bond acceptors (Lipinski definition) is 5. The molecule has 2 aromatic rings. The maximum atomic E-state index is 12.7. The molecule has 32 heavy (non-hydrogen) atoms. The van der Waals surface area contributed by atoms with Crippen LogP contribution in [0.5, 0.6) is 11.5 Å². The summed E-state index contributed by atoms with van der Waals surface area (Å²) < 4.78 is 17.1. The molecule has 1 heterocycles. The van der Waals surface area contributed by atoms with Crippen LogP contribution in [-0.2, 0) is 16.1 Å². The fraction of sp³-hybridized carbons (Fsp3) is 0.333. The van der Waals surface area contributed by atoms with Crippen LogP contribution >= 0.6 is 11.6 Å². The largest absolute Gasteiger partial charge is 0.490 e. The highest BCUT2D eigenvalue weighted by molar-refractivity contribution is 6.30. The molecule has 3 rings (SSSR count). The lowest BCUT2D eigenvalue weighted by Crippen LogP contribution is -2.45. The predicted octanol–water partition coefficient (Wildman–Crippen LogP) is 4.90. The summed E-state index contributed by atoms with van der Waals surface area (Å²) in [5.41, 5.74) is 2.47. The second-order valence-electron chi connectivity index (χ2n) is 7.26. The Labute approximate surface area is 192 Å². The molecule has 1 aliphatic rings. The Morgan fingerprint density at radius 1 is 1.06 bits per heavy atom. The van der Waals surface area contributed by atoms with Crippen molar-refractivity contribution >= 4 is 23.6 Å². The van der Waals surface area contributed by atoms with Gasteiger partial charge >= 0.3 is 12.0 Å². The topological polar surface area (TPSA) is 85.9 Å². The molecule has 0 saturated carbocycles. The molecule has 1 aliphatic heterocycles. The molecule has 2 aromatic carbocycles. The van der Waals surface area contributed by atoms with Gasteiger partial charge in [-0.05, 0) is 55.7 Å². The number of nitrogens with one attached hydrogen (secondary N) is 2. The number of urea groups is 1. The van der Waals surface area contributed by atoms with E-state index in [2.05, 4.69) is 10.6 Å². The summed E-state index contributed by atoms with van der Waals surface area (Å²) in [5.74, 6) is 0.607. The minimum absolute atomic E-state index is 0.304. The monoisotopic (exact) mass is 458 g/mol. The molecule has 2 amide bonds. The summed E-state index contributed by atoms with van der Waals surface area (Å²) in [4.78, 5) is 24.8. The third kappa shape index (κ3) is 5.73. The van der Waals surface area contributed by atoms with Crippen molar-refractivity contribution in [3.63, 3.8) is 0 Å². The van der Waals surface area contributed by atoms with E-state index < -0.39 is 12.0 Å². The van der Waals surface area contributed by atoms with E-state index >= 15 is 0 Å². The van der Waals surface area contributed by atoms with Gasteiger partial charge in [0, 0.05) is 10.7 Å². The van der Waals surface area contributed by atoms with Crippen molar-refractivity contribution in [2.24, 2.45) is 0 Å². The van der Waals surface area contributed by atoms with E-state index in [1.807, 2.05) is 26.0 Å². The van der Waals surface area contributed by atoms with Gasteiger partial charge in [0.1, 0.15) is 6.61 Å². The average molecular weight is 459 g/mol. The van der Waals surface area contributed by atoms with Crippen LogP contribution < -0.4 is 20.1 Å². The third-order valence-electron chi connectivity index (χ3n) is 4.83. The van der Waals surface area contributed by atoms with Crippen molar-refractivity contribution in [2.75, 3.05) is 13.2 Å². The lowest BCUT2D eigenvalue weighted by atomic mass is 9.95. The smallest absolute Gasteiger partial charge is 0.338 e. The molecule has 0 aliphatic carbocycles. The van der Waals surface area contributed by atoms with E-state index in [1.165, 1.54) is 0 Å². The zero-order chi connectivity index (χ0) is 23.1. The quantitative estimate of drug-likeness (QED) is 0.522. The zero-order valence-electron chi connectivity index (χ0n) is 18.4. The molecule has 1 unspecified atom stereocenters. The second kappa shape index (κ2) is 10.9. The number of esters is 1. The van der Waals surface area contributed by atoms with Crippen molar-refractivity contribution in [3.05, 3.63) is 69.9 Å². The number of benzene rings is 2. The van der Waals surface area contributed by atoms with Crippen LogP contribution in [0.4, 0.5) is 4.79 Å². The molecule has 2 N–H and O–H groups in total. The summed E-state index contributed by atoms with van der Waals surface area (Å²) in [7, 11) is 0. The van der Waals surface area contributed by atoms with Gasteiger partial charge in [0.2, 0.25) is 0 Å². The van der Waals surface area contributed by atoms with E-state index in [-0.39, 0.29) is 6.03 Å². The lowest BCUT2D eigenvalue weighted by Gasteiger charge is -2.28. The molecule has 170 valence electrons. The Bertz CT molecular complexity index is 1000. The Hall–Kier alpha value is -3.19. The molecule has 0 bridgehead atoms. The van der Waals surface area contributed by atoms with Crippen LogP contribution in [-0.4, -0.2) is 25.2 Å². The van der Waals surface area contributed by atoms with Crippen molar-refractivity contribution in [1.29, 1.82) is 0 Å². The average Bonchev–Trinajstić information content (AvgIpc) is 2.77. The van der Waals surface area contributed by atoms with Gasteiger partial charge in [0.15, 0.2) is 11.5 Å². The van der Waals surface area contributed by atoms with E-state index in [0.717, 1.165) is 5.56 Å². The lowest BCUT2D eigenvalue weighted by molar-refractivity contribution is -0.139. The number of ether oxygens (including phenoxy) is 3. The first kappa shape index (κ1) is 23.5. The van der Waals surface area contributed by atoms with Gasteiger partial charge in [-0.3, -0.25) is 0 Å². The Morgan fingerprint density at radius 2 is 1.81 bits per heavy atom. The van der Waals surface area contributed by atoms with Gasteiger partial charge in [-0.15, -0.1) is 0 Å². The molecule has 0 spiro atoms. The van der Waals surface area contributed by atoms with E-state index in [4.69, 9.17) is 25.8 Å². The second-order valence-corrected chi connectivity index (χ2v) is 7.70. The molecule has 7 nitrogen and oxygen atoms in total. The number of rotatable bonds is 9. The molecular weight excluding hydrogens is 432 g/mol. The minimum atomic E-state index is -0.669. The van der Waals surface area contributed by atoms with E-state index in [0.29, 0.717) is 59.6 Å². The van der Waals surface area contributed by atoms with Gasteiger partial charge in [0.05, 0.1) is 24.8 Å². The van der Waals surface area contributed by atoms with Crippen molar-refractivity contribution in [2.45, 2.75) is 39.8 Å². The van der Waals surface area contributed by atoms with Crippen LogP contribution in [0.2, 0.25) is 5.02 Å². The Balaban J connectivity index is 1.88. The summed E-state index contributed by atoms with van der Waals surface area (Å²) in [6.07, 6.45) is 0.705. The third-order valence-corrected chi connectivity index (χ3v) is 5.09. The first-order valence-electron chi connectivity index (χ1n) is 10.5. The molecule has 1 atom stereocenters. The molecule has 0 fully saturated rings. The molecule has 0 aromatic heterocycles. The Morgan fingerprint density at radius 3 is 2.50 bits per heavy atom. The fourth-order valence-corrected chi connectivity index (χ4v) is 3.45. The van der Waals surface area contributed by atoms with Gasteiger partial charge < -0.3 is 24.8 Å². The van der Waals surface area contributed by atoms with Crippen LogP contribution in [0.1, 0.15) is 44.4 Å². The number of amides is 2. The van der Waals surface area contributed by atoms with Crippen LogP contribution in [0.15, 0.2) is 53.7 Å². The van der Waals surface area contributed by atoms with Gasteiger partial charge in [-0.25, -0.2) is 9.59 Å². The number of hydrogen-bond donors (Lipinski definition) is 2. The highest BCUT2D eigenvalue weighted by Crippen LogP contribution is 2.35. The zero-order valence-corrected chi connectivity index (χ0v) is 19.1. The minimum Gasteiger partial charge on any atom is -0.490 e. The normalized spacial score (nSPS) is 15.6. The van der Waals surface area contributed by atoms with Crippen LogP contribution in [0.25, 0.3) is 0 Å². The van der Waals surface area contributed by atoms with Gasteiger partial charge in [-0.2, -0.15) is 0 Å². The summed E-state index contributed by atoms with van der Waals surface area (Å²) in [6.45, 7) is 6.55. The summed E-state index contributed by atoms with van der Waals surface area (Å²) >= 11 is 5.94. The number of carbonyl (C=O) groups excluding carboxylic acids is 2. The van der Waals surface area contributed by atoms with Gasteiger partial charge in [-0.1, -0.05) is 36.7 Å². The predicted molar refractivity (Wildman–Crippen MR) is 122 cm³/mol. The maximum Gasteiger partial charge on any atom is 0.338 e. The van der Waals surface area contributed by atoms with E-state index in [9.17, 15) is 9.59 Å². The molecule has 0 saturated heterocycles. The standard InChI is InChI=1S/C24H27ClN2O5/c1-4-12-31-23(28)21-15(3)26-24(29)27-22(21)17-8-11-19(20(13-17)30-5-2)32-14-16-6-9-18(25)10-7-16/h6-11,13,22H,4-5,12,14H2,1-3H3,(H2,26,27,29). The molecule has 8 heteroatoms. The number of allylic oxidation sites excluding steroid dienone is 1. The summed E-state index contributed by atoms with van der Waals surface area (Å²) in [5, 5.41) is 6.11. The highest BCUT2D eigenvalue weighted by Gasteiger charge is 2.32. The number of halogens is 1. The first-order valence-corrected chi connectivity index (χ1v) is 10.9. The maximum absolute atomic E-state index is 12.7. The molecular formula is C24H27ClN2O5. The summed E-state index contributed by atoms with van der Waals surface area (Å²) in [6, 6.07) is 11.7. The van der Waals surface area contributed by atoms with E-state index in [1.54, 1.807) is 37.3 Å².